The van der Waals surface area contributed by atoms with Gasteiger partial charge in [-0.3, -0.25) is 4.90 Å². The summed E-state index contributed by atoms with van der Waals surface area (Å²) in [6.07, 6.45) is 0. The molecule has 22 heavy (non-hydrogen) atoms. The molecular formula is C15H23Cl2FN4. The summed E-state index contributed by atoms with van der Waals surface area (Å²) in [7, 11) is 0. The molecule has 0 aliphatic carbocycles. The number of nitrogens with zero attached hydrogens (tertiary/aromatic N) is 3. The third kappa shape index (κ3) is 3.54. The largest absolute Gasteiger partial charge is 0.327 e. The van der Waals surface area contributed by atoms with Crippen LogP contribution in [0.5, 0.6) is 0 Å². The lowest BCUT2D eigenvalue weighted by Crippen LogP contribution is -2.49. The molecule has 1 aliphatic heterocycles. The first-order valence-electron chi connectivity index (χ1n) is 7.29. The van der Waals surface area contributed by atoms with Crippen LogP contribution < -0.4 is 5.32 Å². The minimum absolute atomic E-state index is 0. The number of aromatic nitrogens is 2. The third-order valence-corrected chi connectivity index (χ3v) is 4.11. The first-order chi connectivity index (χ1) is 9.70. The van der Waals surface area contributed by atoms with Crippen molar-refractivity contribution in [3.05, 3.63) is 29.8 Å². The van der Waals surface area contributed by atoms with Gasteiger partial charge in [0.15, 0.2) is 5.82 Å². The number of aryl methyl sites for hydroxylation is 1. The van der Waals surface area contributed by atoms with Gasteiger partial charge in [-0.25, -0.2) is 9.37 Å². The van der Waals surface area contributed by atoms with Crippen LogP contribution in [0.3, 0.4) is 0 Å². The maximum Gasteiger partial charge on any atom is 0.151 e. The second-order valence-electron chi connectivity index (χ2n) is 5.40. The summed E-state index contributed by atoms with van der Waals surface area (Å²) >= 11 is 0. The fourth-order valence-electron chi connectivity index (χ4n) is 2.93. The molecule has 124 valence electrons. The molecule has 0 spiro atoms. The average molecular weight is 349 g/mol. The number of hydrogen-bond acceptors (Lipinski definition) is 3. The highest BCUT2D eigenvalue weighted by molar-refractivity contribution is 5.85. The van der Waals surface area contributed by atoms with Crippen molar-refractivity contribution >= 4 is 35.8 Å². The van der Waals surface area contributed by atoms with Crippen molar-refractivity contribution in [1.82, 2.24) is 19.8 Å². The summed E-state index contributed by atoms with van der Waals surface area (Å²) in [6.45, 7) is 8.91. The van der Waals surface area contributed by atoms with Gasteiger partial charge in [0.25, 0.3) is 0 Å². The summed E-state index contributed by atoms with van der Waals surface area (Å²) in [5.74, 6) is 0.727. The Labute approximate surface area is 142 Å². The van der Waals surface area contributed by atoms with Crippen molar-refractivity contribution in [2.75, 3.05) is 19.6 Å². The smallest absolute Gasteiger partial charge is 0.151 e. The number of fused-ring (bicyclic) bond motifs is 1. The zero-order valence-electron chi connectivity index (χ0n) is 12.9. The van der Waals surface area contributed by atoms with E-state index in [0.717, 1.165) is 44.1 Å². The summed E-state index contributed by atoms with van der Waals surface area (Å²) in [5, 5.41) is 3.39. The van der Waals surface area contributed by atoms with Crippen LogP contribution in [0.15, 0.2) is 18.2 Å². The van der Waals surface area contributed by atoms with Gasteiger partial charge in [0.05, 0.1) is 12.1 Å². The Hall–Kier alpha value is -0.880. The maximum atomic E-state index is 13.9. The van der Waals surface area contributed by atoms with Gasteiger partial charge in [-0.2, -0.15) is 0 Å². The van der Waals surface area contributed by atoms with Crippen LogP contribution in [0.2, 0.25) is 0 Å². The van der Waals surface area contributed by atoms with Gasteiger partial charge in [-0.1, -0.05) is 6.07 Å². The number of imidazole rings is 1. The number of hydrogen-bond donors (Lipinski definition) is 1. The summed E-state index contributed by atoms with van der Waals surface area (Å²) in [4.78, 5) is 6.94. The molecule has 1 atom stereocenters. The molecule has 0 amide bonds. The fraction of sp³-hybridized carbons (Fsp3) is 0.533. The molecule has 1 aromatic carbocycles. The molecule has 1 aliphatic rings. The van der Waals surface area contributed by atoms with Gasteiger partial charge >= 0.3 is 0 Å². The lowest BCUT2D eigenvalue weighted by molar-refractivity contribution is 0.160. The van der Waals surface area contributed by atoms with Crippen LogP contribution >= 0.6 is 24.8 Å². The molecule has 0 radical (unpaired) electrons. The second-order valence-corrected chi connectivity index (χ2v) is 5.40. The van der Waals surface area contributed by atoms with Gasteiger partial charge in [0.2, 0.25) is 0 Å². The van der Waals surface area contributed by atoms with E-state index in [1.165, 1.54) is 6.07 Å². The highest BCUT2D eigenvalue weighted by Gasteiger charge is 2.21. The zero-order valence-corrected chi connectivity index (χ0v) is 14.5. The number of benzene rings is 1. The molecule has 1 aromatic heterocycles. The van der Waals surface area contributed by atoms with Crippen molar-refractivity contribution in [2.45, 2.75) is 33.0 Å². The van der Waals surface area contributed by atoms with Crippen LogP contribution in [0.1, 0.15) is 19.7 Å². The quantitative estimate of drug-likeness (QED) is 0.925. The minimum Gasteiger partial charge on any atom is -0.327 e. The zero-order chi connectivity index (χ0) is 14.1. The van der Waals surface area contributed by atoms with Crippen LogP contribution in [0.25, 0.3) is 11.0 Å². The van der Waals surface area contributed by atoms with E-state index in [9.17, 15) is 4.39 Å². The van der Waals surface area contributed by atoms with E-state index in [4.69, 9.17) is 0 Å². The standard InChI is InChI=1S/C15H21FN4.2ClH/c1-3-20-13-6-4-5-12(16)15(13)18-14(20)10-19-8-7-17-9-11(19)2;;/h4-6,11,17H,3,7-10H2,1-2H3;2*1H/t11-;;/m1../s1. The van der Waals surface area contributed by atoms with E-state index in [2.05, 4.69) is 33.6 Å². The third-order valence-electron chi connectivity index (χ3n) is 4.11. The Morgan fingerprint density at radius 3 is 2.82 bits per heavy atom. The first kappa shape index (κ1) is 19.2. The number of halogens is 3. The molecule has 3 rings (SSSR count). The van der Waals surface area contributed by atoms with E-state index >= 15 is 0 Å². The molecule has 1 N–H and O–H groups in total. The van der Waals surface area contributed by atoms with E-state index < -0.39 is 0 Å². The molecule has 2 heterocycles. The highest BCUT2D eigenvalue weighted by atomic mass is 35.5. The monoisotopic (exact) mass is 348 g/mol. The Balaban J connectivity index is 0.00000121. The van der Waals surface area contributed by atoms with Crippen molar-refractivity contribution < 1.29 is 4.39 Å². The molecular weight excluding hydrogens is 326 g/mol. The fourth-order valence-corrected chi connectivity index (χ4v) is 2.93. The summed E-state index contributed by atoms with van der Waals surface area (Å²) in [6, 6.07) is 5.66. The SMILES string of the molecule is CCn1c(CN2CCNC[C@H]2C)nc2c(F)cccc21.Cl.Cl. The molecule has 1 fully saturated rings. The lowest BCUT2D eigenvalue weighted by Gasteiger charge is -2.33. The number of para-hydroxylation sites is 1. The predicted octanol–water partition coefficient (Wildman–Crippen LogP) is 2.83. The van der Waals surface area contributed by atoms with Crippen LogP contribution in [0.4, 0.5) is 4.39 Å². The van der Waals surface area contributed by atoms with Crippen LogP contribution in [-0.4, -0.2) is 40.1 Å². The number of nitrogens with one attached hydrogen (secondary N) is 1. The van der Waals surface area contributed by atoms with Crippen LogP contribution in [0, 0.1) is 5.82 Å². The Kier molecular flexibility index (Phi) is 7.06. The number of piperazine rings is 1. The summed E-state index contributed by atoms with van der Waals surface area (Å²) < 4.78 is 16.0. The van der Waals surface area contributed by atoms with Gasteiger partial charge in [-0.15, -0.1) is 24.8 Å². The Bertz CT molecular complexity index is 617. The van der Waals surface area contributed by atoms with Gasteiger partial charge in [-0.05, 0) is 26.0 Å². The van der Waals surface area contributed by atoms with Crippen molar-refractivity contribution in [1.29, 1.82) is 0 Å². The van der Waals surface area contributed by atoms with Crippen molar-refractivity contribution in [3.8, 4) is 0 Å². The molecule has 4 nitrogen and oxygen atoms in total. The maximum absolute atomic E-state index is 13.9. The molecule has 7 heteroatoms. The van der Waals surface area contributed by atoms with E-state index in [0.29, 0.717) is 11.6 Å². The second kappa shape index (κ2) is 8.11. The van der Waals surface area contributed by atoms with E-state index in [1.807, 2.05) is 6.07 Å². The normalized spacial score (nSPS) is 18.8. The molecule has 0 unspecified atom stereocenters. The lowest BCUT2D eigenvalue weighted by atomic mass is 10.2. The van der Waals surface area contributed by atoms with E-state index in [-0.39, 0.29) is 30.6 Å². The van der Waals surface area contributed by atoms with Crippen LogP contribution in [-0.2, 0) is 13.1 Å². The molecule has 0 bridgehead atoms. The molecule has 0 saturated carbocycles. The van der Waals surface area contributed by atoms with Gasteiger partial charge < -0.3 is 9.88 Å². The predicted molar refractivity (Wildman–Crippen MR) is 92.6 cm³/mol. The minimum atomic E-state index is -0.232. The number of rotatable bonds is 3. The molecule has 2 aromatic rings. The Morgan fingerprint density at radius 2 is 2.14 bits per heavy atom. The van der Waals surface area contributed by atoms with Crippen molar-refractivity contribution in [2.24, 2.45) is 0 Å². The Morgan fingerprint density at radius 1 is 1.36 bits per heavy atom. The van der Waals surface area contributed by atoms with E-state index in [1.54, 1.807) is 6.07 Å². The average Bonchev–Trinajstić information content (AvgIpc) is 2.80. The topological polar surface area (TPSA) is 33.1 Å². The van der Waals surface area contributed by atoms with Gasteiger partial charge in [0, 0.05) is 32.2 Å². The summed E-state index contributed by atoms with van der Waals surface area (Å²) in [5.41, 5.74) is 1.39. The van der Waals surface area contributed by atoms with Gasteiger partial charge in [0.1, 0.15) is 11.3 Å². The van der Waals surface area contributed by atoms with Crippen molar-refractivity contribution in [3.63, 3.8) is 0 Å². The first-order valence-corrected chi connectivity index (χ1v) is 7.29. The highest BCUT2D eigenvalue weighted by Crippen LogP contribution is 2.21. The molecule has 1 saturated heterocycles.